The highest BCUT2D eigenvalue weighted by atomic mass is 16.5. The first-order valence-electron chi connectivity index (χ1n) is 5.79. The first-order chi connectivity index (χ1) is 8.42. The van der Waals surface area contributed by atoms with Crippen LogP contribution in [0.15, 0.2) is 0 Å². The molecular formula is C11H20N2O5. The minimum absolute atomic E-state index is 0.0395. The Morgan fingerprint density at radius 1 is 1.33 bits per heavy atom. The highest BCUT2D eigenvalue weighted by Crippen LogP contribution is 2.00. The number of ether oxygens (including phenoxy) is 1. The molecule has 0 rings (SSSR count). The van der Waals surface area contributed by atoms with Crippen LogP contribution in [-0.2, 0) is 14.3 Å². The number of carboxylic acids is 1. The molecule has 0 aromatic rings. The van der Waals surface area contributed by atoms with E-state index in [9.17, 15) is 14.4 Å². The molecule has 0 saturated carbocycles. The molecule has 1 atom stereocenters. The molecule has 2 amide bonds. The third-order valence-electron chi connectivity index (χ3n) is 2.36. The Morgan fingerprint density at radius 2 is 1.94 bits per heavy atom. The second-order valence-electron chi connectivity index (χ2n) is 3.79. The van der Waals surface area contributed by atoms with Crippen molar-refractivity contribution < 1.29 is 24.2 Å². The van der Waals surface area contributed by atoms with Gasteiger partial charge in [0.15, 0.2) is 0 Å². The fourth-order valence-electron chi connectivity index (χ4n) is 1.22. The molecule has 0 radical (unpaired) electrons. The lowest BCUT2D eigenvalue weighted by Gasteiger charge is -2.18. The smallest absolute Gasteiger partial charge is 0.325 e. The monoisotopic (exact) mass is 260 g/mol. The quantitative estimate of drug-likeness (QED) is 0.642. The topological polar surface area (TPSA) is 95.9 Å². The van der Waals surface area contributed by atoms with Crippen molar-refractivity contribution in [3.05, 3.63) is 0 Å². The van der Waals surface area contributed by atoms with Crippen molar-refractivity contribution in [3.8, 4) is 0 Å². The summed E-state index contributed by atoms with van der Waals surface area (Å²) in [5.41, 5.74) is 0. The van der Waals surface area contributed by atoms with Crippen LogP contribution in [0.5, 0.6) is 0 Å². The van der Waals surface area contributed by atoms with E-state index in [1.54, 1.807) is 13.8 Å². The third kappa shape index (κ3) is 6.07. The van der Waals surface area contributed by atoms with Crippen LogP contribution in [-0.4, -0.2) is 54.7 Å². The van der Waals surface area contributed by atoms with Crippen molar-refractivity contribution in [2.45, 2.75) is 20.3 Å². The van der Waals surface area contributed by atoms with Crippen LogP contribution in [0.1, 0.15) is 20.3 Å². The molecule has 7 heteroatoms. The Hall–Kier alpha value is -1.79. The van der Waals surface area contributed by atoms with Gasteiger partial charge in [-0.25, -0.2) is 4.79 Å². The van der Waals surface area contributed by atoms with E-state index in [0.717, 1.165) is 4.90 Å². The lowest BCUT2D eigenvalue weighted by Crippen LogP contribution is -2.43. The number of hydrogen-bond acceptors (Lipinski definition) is 4. The molecule has 0 bridgehead atoms. The number of likely N-dealkylation sites (N-methyl/N-ethyl adjacent to an activating group) is 1. The Kier molecular flexibility index (Phi) is 7.50. The van der Waals surface area contributed by atoms with Gasteiger partial charge in [-0.15, -0.1) is 0 Å². The third-order valence-corrected chi connectivity index (χ3v) is 2.36. The van der Waals surface area contributed by atoms with Crippen molar-refractivity contribution in [1.82, 2.24) is 10.2 Å². The van der Waals surface area contributed by atoms with E-state index in [1.807, 2.05) is 0 Å². The van der Waals surface area contributed by atoms with Gasteiger partial charge < -0.3 is 20.1 Å². The number of urea groups is 1. The first kappa shape index (κ1) is 16.2. The van der Waals surface area contributed by atoms with Gasteiger partial charge in [0.05, 0.1) is 12.5 Å². The minimum Gasteiger partial charge on any atom is -0.481 e. The zero-order chi connectivity index (χ0) is 14.1. The Labute approximate surface area is 106 Å². The molecule has 0 aromatic heterocycles. The standard InChI is InChI=1S/C11H20N2O5/c1-4-8(10(15)16)6-12-11(17)13(3)7-9(14)18-5-2/h8H,4-7H2,1-3H3,(H,12,17)(H,15,16). The molecule has 0 aliphatic heterocycles. The van der Waals surface area contributed by atoms with E-state index in [1.165, 1.54) is 7.05 Å². The molecule has 0 aliphatic carbocycles. The largest absolute Gasteiger partial charge is 0.481 e. The van der Waals surface area contributed by atoms with Crippen LogP contribution in [0.25, 0.3) is 0 Å². The van der Waals surface area contributed by atoms with Crippen LogP contribution >= 0.6 is 0 Å². The number of carbonyl (C=O) groups excluding carboxylic acids is 2. The van der Waals surface area contributed by atoms with Gasteiger partial charge in [0.2, 0.25) is 0 Å². The summed E-state index contributed by atoms with van der Waals surface area (Å²) in [7, 11) is 1.44. The Morgan fingerprint density at radius 3 is 2.39 bits per heavy atom. The zero-order valence-corrected chi connectivity index (χ0v) is 10.9. The van der Waals surface area contributed by atoms with Gasteiger partial charge >= 0.3 is 18.0 Å². The predicted octanol–water partition coefficient (Wildman–Crippen LogP) is 0.302. The molecule has 0 aromatic carbocycles. The molecule has 0 saturated heterocycles. The van der Waals surface area contributed by atoms with Gasteiger partial charge in [0.25, 0.3) is 0 Å². The number of aliphatic carboxylic acids is 1. The number of rotatable bonds is 7. The van der Waals surface area contributed by atoms with Gasteiger partial charge in [-0.1, -0.05) is 6.92 Å². The highest BCUT2D eigenvalue weighted by Gasteiger charge is 2.18. The van der Waals surface area contributed by atoms with Gasteiger partial charge in [-0.3, -0.25) is 9.59 Å². The normalized spacial score (nSPS) is 11.5. The van der Waals surface area contributed by atoms with Crippen molar-refractivity contribution >= 4 is 18.0 Å². The molecule has 1 unspecified atom stereocenters. The number of hydrogen-bond donors (Lipinski definition) is 2. The van der Waals surface area contributed by atoms with Crippen LogP contribution in [0.3, 0.4) is 0 Å². The number of nitrogens with zero attached hydrogens (tertiary/aromatic N) is 1. The fourth-order valence-corrected chi connectivity index (χ4v) is 1.22. The van der Waals surface area contributed by atoms with Crippen LogP contribution in [0.2, 0.25) is 0 Å². The number of esters is 1. The fraction of sp³-hybridized carbons (Fsp3) is 0.727. The van der Waals surface area contributed by atoms with E-state index < -0.39 is 23.9 Å². The molecule has 104 valence electrons. The summed E-state index contributed by atoms with van der Waals surface area (Å²) in [6.07, 6.45) is 0.428. The summed E-state index contributed by atoms with van der Waals surface area (Å²) in [6.45, 7) is 3.54. The molecule has 2 N–H and O–H groups in total. The molecule has 0 fully saturated rings. The lowest BCUT2D eigenvalue weighted by atomic mass is 10.1. The van der Waals surface area contributed by atoms with Crippen molar-refractivity contribution in [2.75, 3.05) is 26.7 Å². The zero-order valence-electron chi connectivity index (χ0n) is 10.9. The van der Waals surface area contributed by atoms with E-state index in [0.29, 0.717) is 6.42 Å². The highest BCUT2D eigenvalue weighted by molar-refractivity contribution is 5.81. The summed E-state index contributed by atoms with van der Waals surface area (Å²) in [5, 5.41) is 11.3. The number of carbonyl (C=O) groups is 3. The maximum atomic E-state index is 11.5. The summed E-state index contributed by atoms with van der Waals surface area (Å²) < 4.78 is 4.69. The average Bonchev–Trinajstić information content (AvgIpc) is 2.29. The molecule has 0 spiro atoms. The molecule has 18 heavy (non-hydrogen) atoms. The van der Waals surface area contributed by atoms with Gasteiger partial charge in [0.1, 0.15) is 6.54 Å². The van der Waals surface area contributed by atoms with E-state index in [4.69, 9.17) is 9.84 Å². The summed E-state index contributed by atoms with van der Waals surface area (Å²) >= 11 is 0. The maximum Gasteiger partial charge on any atom is 0.325 e. The van der Waals surface area contributed by atoms with Crippen molar-refractivity contribution in [3.63, 3.8) is 0 Å². The number of carboxylic acid groups (broad SMARTS) is 1. The SMILES string of the molecule is CCOC(=O)CN(C)C(=O)NCC(CC)C(=O)O. The lowest BCUT2D eigenvalue weighted by molar-refractivity contribution is -0.144. The molecule has 0 aliphatic rings. The van der Waals surface area contributed by atoms with Crippen LogP contribution in [0, 0.1) is 5.92 Å². The van der Waals surface area contributed by atoms with Gasteiger partial charge in [-0.2, -0.15) is 0 Å². The van der Waals surface area contributed by atoms with E-state index in [-0.39, 0.29) is 19.7 Å². The van der Waals surface area contributed by atoms with E-state index in [2.05, 4.69) is 5.32 Å². The Bertz CT molecular complexity index is 306. The molecule has 7 nitrogen and oxygen atoms in total. The number of nitrogens with one attached hydrogen (secondary N) is 1. The van der Waals surface area contributed by atoms with Crippen molar-refractivity contribution in [2.24, 2.45) is 5.92 Å². The second-order valence-corrected chi connectivity index (χ2v) is 3.79. The predicted molar refractivity (Wildman–Crippen MR) is 64.1 cm³/mol. The van der Waals surface area contributed by atoms with E-state index >= 15 is 0 Å². The van der Waals surface area contributed by atoms with Crippen LogP contribution < -0.4 is 5.32 Å². The Balaban J connectivity index is 4.08. The van der Waals surface area contributed by atoms with Gasteiger partial charge in [0, 0.05) is 13.6 Å². The minimum atomic E-state index is -0.953. The van der Waals surface area contributed by atoms with Crippen LogP contribution in [0.4, 0.5) is 4.79 Å². The molecule has 0 heterocycles. The van der Waals surface area contributed by atoms with Crippen molar-refractivity contribution in [1.29, 1.82) is 0 Å². The summed E-state index contributed by atoms with van der Waals surface area (Å²) in [4.78, 5) is 34.5. The number of amides is 2. The average molecular weight is 260 g/mol. The second kappa shape index (κ2) is 8.32. The summed E-state index contributed by atoms with van der Waals surface area (Å²) in [5.74, 6) is -2.07. The molecular weight excluding hydrogens is 240 g/mol. The maximum absolute atomic E-state index is 11.5. The first-order valence-corrected chi connectivity index (χ1v) is 5.79. The summed E-state index contributed by atoms with van der Waals surface area (Å²) in [6, 6.07) is -0.497. The van der Waals surface area contributed by atoms with Gasteiger partial charge in [-0.05, 0) is 13.3 Å².